The van der Waals surface area contributed by atoms with Crippen LogP contribution in [-0.4, -0.2) is 35.8 Å². The summed E-state index contributed by atoms with van der Waals surface area (Å²) in [6, 6.07) is 6.09. The zero-order valence-electron chi connectivity index (χ0n) is 13.5. The molecule has 0 bridgehead atoms. The second kappa shape index (κ2) is 6.99. The first-order valence-electron chi connectivity index (χ1n) is 7.74. The van der Waals surface area contributed by atoms with Crippen LogP contribution < -0.4 is 4.74 Å². The third kappa shape index (κ3) is 5.20. The lowest BCUT2D eigenvalue weighted by atomic mass is 10.2. The number of rotatable bonds is 2. The van der Waals surface area contributed by atoms with Gasteiger partial charge in [0.2, 0.25) is 0 Å². The number of amides is 1. The molecule has 1 saturated heterocycles. The highest BCUT2D eigenvalue weighted by Gasteiger charge is 2.27. The predicted octanol–water partition coefficient (Wildman–Crippen LogP) is 3.99. The van der Waals surface area contributed by atoms with Gasteiger partial charge in [0.15, 0.2) is 0 Å². The number of halogens is 1. The van der Waals surface area contributed by atoms with Crippen LogP contribution >= 0.6 is 0 Å². The Hall–Kier alpha value is -1.78. The number of carbonyl (C=O) groups excluding carboxylic acids is 1. The van der Waals surface area contributed by atoms with Crippen molar-refractivity contribution in [3.05, 3.63) is 30.1 Å². The van der Waals surface area contributed by atoms with Gasteiger partial charge in [0, 0.05) is 12.6 Å². The second-order valence-electron chi connectivity index (χ2n) is 6.62. The van der Waals surface area contributed by atoms with E-state index in [1.165, 1.54) is 12.1 Å². The van der Waals surface area contributed by atoms with Gasteiger partial charge in [-0.25, -0.2) is 9.18 Å². The number of hydrogen-bond donors (Lipinski definition) is 0. The Morgan fingerprint density at radius 1 is 1.32 bits per heavy atom. The number of nitrogens with zero attached hydrogens (tertiary/aromatic N) is 1. The van der Waals surface area contributed by atoms with Crippen molar-refractivity contribution < 1.29 is 18.7 Å². The van der Waals surface area contributed by atoms with Crippen molar-refractivity contribution in [1.29, 1.82) is 0 Å². The van der Waals surface area contributed by atoms with Gasteiger partial charge in [-0.2, -0.15) is 0 Å². The smallest absolute Gasteiger partial charge is 0.410 e. The van der Waals surface area contributed by atoms with E-state index >= 15 is 0 Å². The maximum Gasteiger partial charge on any atom is 0.410 e. The lowest BCUT2D eigenvalue weighted by molar-refractivity contribution is 0.0192. The van der Waals surface area contributed by atoms with Crippen molar-refractivity contribution in [2.75, 3.05) is 13.1 Å². The van der Waals surface area contributed by atoms with E-state index in [-0.39, 0.29) is 18.0 Å². The van der Waals surface area contributed by atoms with Crippen molar-refractivity contribution in [2.45, 2.75) is 51.7 Å². The summed E-state index contributed by atoms with van der Waals surface area (Å²) in [7, 11) is 0. The van der Waals surface area contributed by atoms with Crippen LogP contribution in [0.3, 0.4) is 0 Å². The second-order valence-corrected chi connectivity index (χ2v) is 6.62. The molecule has 1 aromatic carbocycles. The Bertz CT molecular complexity index is 513. The van der Waals surface area contributed by atoms with Crippen molar-refractivity contribution >= 4 is 6.09 Å². The molecule has 0 aliphatic carbocycles. The molecule has 0 radical (unpaired) electrons. The van der Waals surface area contributed by atoms with E-state index in [2.05, 4.69) is 0 Å². The summed E-state index contributed by atoms with van der Waals surface area (Å²) >= 11 is 0. The fraction of sp³-hybridized carbons (Fsp3) is 0.588. The third-order valence-electron chi connectivity index (χ3n) is 3.38. The summed E-state index contributed by atoms with van der Waals surface area (Å²) in [6.45, 7) is 6.68. The van der Waals surface area contributed by atoms with Gasteiger partial charge >= 0.3 is 6.09 Å². The van der Waals surface area contributed by atoms with Crippen molar-refractivity contribution in [2.24, 2.45) is 0 Å². The van der Waals surface area contributed by atoms with Gasteiger partial charge in [-0.05, 0) is 52.2 Å². The van der Waals surface area contributed by atoms with E-state index < -0.39 is 5.60 Å². The van der Waals surface area contributed by atoms with Gasteiger partial charge in [-0.1, -0.05) is 6.07 Å². The molecule has 0 spiro atoms. The van der Waals surface area contributed by atoms with Crippen LogP contribution in [0.15, 0.2) is 24.3 Å². The molecular formula is C17H24FNO3. The summed E-state index contributed by atoms with van der Waals surface area (Å²) in [4.78, 5) is 13.9. The highest BCUT2D eigenvalue weighted by molar-refractivity contribution is 5.68. The van der Waals surface area contributed by atoms with Gasteiger partial charge in [0.25, 0.3) is 0 Å². The molecule has 1 aliphatic rings. The van der Waals surface area contributed by atoms with E-state index in [9.17, 15) is 9.18 Å². The quantitative estimate of drug-likeness (QED) is 0.829. The van der Waals surface area contributed by atoms with Gasteiger partial charge < -0.3 is 14.4 Å². The van der Waals surface area contributed by atoms with Crippen LogP contribution in [0.4, 0.5) is 9.18 Å². The topological polar surface area (TPSA) is 38.8 Å². The van der Waals surface area contributed by atoms with Crippen LogP contribution in [0.25, 0.3) is 0 Å². The molecule has 1 heterocycles. The normalized spacial score (nSPS) is 19.5. The van der Waals surface area contributed by atoms with Gasteiger partial charge in [-0.15, -0.1) is 0 Å². The molecule has 5 heteroatoms. The monoisotopic (exact) mass is 309 g/mol. The number of likely N-dealkylation sites (tertiary alicyclic amines) is 1. The van der Waals surface area contributed by atoms with Crippen LogP contribution in [0.1, 0.15) is 40.0 Å². The fourth-order valence-electron chi connectivity index (χ4n) is 2.42. The van der Waals surface area contributed by atoms with Crippen LogP contribution in [0.5, 0.6) is 5.75 Å². The molecule has 1 unspecified atom stereocenters. The number of hydrogen-bond acceptors (Lipinski definition) is 3. The Morgan fingerprint density at radius 3 is 2.77 bits per heavy atom. The Kier molecular flexibility index (Phi) is 5.27. The molecule has 1 amide bonds. The van der Waals surface area contributed by atoms with Crippen LogP contribution in [0, 0.1) is 5.82 Å². The summed E-state index contributed by atoms with van der Waals surface area (Å²) in [5, 5.41) is 0. The zero-order valence-corrected chi connectivity index (χ0v) is 13.5. The number of benzene rings is 1. The van der Waals surface area contributed by atoms with Gasteiger partial charge in [-0.3, -0.25) is 0 Å². The Morgan fingerprint density at radius 2 is 2.09 bits per heavy atom. The predicted molar refractivity (Wildman–Crippen MR) is 82.5 cm³/mol. The van der Waals surface area contributed by atoms with Crippen molar-refractivity contribution in [1.82, 2.24) is 4.90 Å². The minimum Gasteiger partial charge on any atom is -0.488 e. The standard InChI is InChI=1S/C17H24FNO3/c1-17(2,3)22-16(20)19-10-5-4-8-15(12-19)21-14-9-6-7-13(18)11-14/h6-7,9,11,15H,4-5,8,10,12H2,1-3H3. The lowest BCUT2D eigenvalue weighted by Crippen LogP contribution is -2.41. The number of ether oxygens (including phenoxy) is 2. The average Bonchev–Trinajstić information content (AvgIpc) is 2.62. The Labute approximate surface area is 131 Å². The van der Waals surface area contributed by atoms with E-state index in [0.717, 1.165) is 19.3 Å². The molecule has 22 heavy (non-hydrogen) atoms. The molecule has 1 aliphatic heterocycles. The molecule has 4 nitrogen and oxygen atoms in total. The lowest BCUT2D eigenvalue weighted by Gasteiger charge is -2.28. The molecule has 1 atom stereocenters. The Balaban J connectivity index is 1.99. The zero-order chi connectivity index (χ0) is 16.2. The first-order chi connectivity index (χ1) is 10.3. The molecule has 1 fully saturated rings. The highest BCUT2D eigenvalue weighted by Crippen LogP contribution is 2.20. The van der Waals surface area contributed by atoms with E-state index in [1.807, 2.05) is 20.8 Å². The molecule has 0 aromatic heterocycles. The summed E-state index contributed by atoms with van der Waals surface area (Å²) in [5.74, 6) is 0.172. The van der Waals surface area contributed by atoms with Crippen LogP contribution in [0.2, 0.25) is 0 Å². The first kappa shape index (κ1) is 16.6. The molecule has 2 rings (SSSR count). The van der Waals surface area contributed by atoms with Crippen LogP contribution in [-0.2, 0) is 4.74 Å². The summed E-state index contributed by atoms with van der Waals surface area (Å²) < 4.78 is 24.5. The fourth-order valence-corrected chi connectivity index (χ4v) is 2.42. The van der Waals surface area contributed by atoms with E-state index in [0.29, 0.717) is 18.8 Å². The molecule has 122 valence electrons. The maximum atomic E-state index is 13.2. The number of carbonyl (C=O) groups is 1. The SMILES string of the molecule is CC(C)(C)OC(=O)N1CCCCC(Oc2cccc(F)c2)C1. The first-order valence-corrected chi connectivity index (χ1v) is 7.74. The maximum absolute atomic E-state index is 13.2. The highest BCUT2D eigenvalue weighted by atomic mass is 19.1. The average molecular weight is 309 g/mol. The van der Waals surface area contributed by atoms with Gasteiger partial charge in [0.05, 0.1) is 6.54 Å². The summed E-state index contributed by atoms with van der Waals surface area (Å²) in [6.07, 6.45) is 2.27. The minimum atomic E-state index is -0.512. The van der Waals surface area contributed by atoms with E-state index in [4.69, 9.17) is 9.47 Å². The third-order valence-corrected chi connectivity index (χ3v) is 3.38. The van der Waals surface area contributed by atoms with E-state index in [1.54, 1.807) is 17.0 Å². The molecule has 1 aromatic rings. The van der Waals surface area contributed by atoms with Gasteiger partial charge in [0.1, 0.15) is 23.3 Å². The largest absolute Gasteiger partial charge is 0.488 e. The minimum absolute atomic E-state index is 0.142. The van der Waals surface area contributed by atoms with Crippen molar-refractivity contribution in [3.63, 3.8) is 0 Å². The molecule has 0 N–H and O–H groups in total. The summed E-state index contributed by atoms with van der Waals surface area (Å²) in [5.41, 5.74) is -0.512. The van der Waals surface area contributed by atoms with Crippen molar-refractivity contribution in [3.8, 4) is 5.75 Å². The molecule has 0 saturated carbocycles. The molecular weight excluding hydrogens is 285 g/mol.